The number of carbonyl (C=O) groups excluding carboxylic acids is 1. The smallest absolute Gasteiger partial charge is 0.226 e. The molecule has 1 saturated heterocycles. The summed E-state index contributed by atoms with van der Waals surface area (Å²) in [5.41, 5.74) is 1.87. The lowest BCUT2D eigenvalue weighted by Gasteiger charge is -2.33. The second kappa shape index (κ2) is 8.21. The SMILES string of the molecule is CSNC1CCCN(C(=O)C2CC2c2ccccc2-c2cc(F)ccc2F)C1. The largest absolute Gasteiger partial charge is 0.341 e. The van der Waals surface area contributed by atoms with Gasteiger partial charge in [-0.25, -0.2) is 8.78 Å². The van der Waals surface area contributed by atoms with Gasteiger partial charge in [-0.15, -0.1) is 0 Å². The normalized spacial score (nSPS) is 24.2. The van der Waals surface area contributed by atoms with E-state index in [0.29, 0.717) is 11.6 Å². The van der Waals surface area contributed by atoms with Crippen LogP contribution >= 0.6 is 11.9 Å². The summed E-state index contributed by atoms with van der Waals surface area (Å²) >= 11 is 1.59. The zero-order valence-corrected chi connectivity index (χ0v) is 16.6. The lowest BCUT2D eigenvalue weighted by Crippen LogP contribution is -2.46. The maximum atomic E-state index is 14.3. The molecule has 2 fully saturated rings. The van der Waals surface area contributed by atoms with Crippen LogP contribution in [0.25, 0.3) is 11.1 Å². The molecule has 3 nitrogen and oxygen atoms in total. The Hall–Kier alpha value is -1.92. The summed E-state index contributed by atoms with van der Waals surface area (Å²) in [7, 11) is 0. The van der Waals surface area contributed by atoms with E-state index in [1.165, 1.54) is 6.07 Å². The zero-order chi connectivity index (χ0) is 19.7. The molecule has 0 spiro atoms. The molecule has 0 bridgehead atoms. The van der Waals surface area contributed by atoms with Crippen LogP contribution in [0.1, 0.15) is 30.7 Å². The van der Waals surface area contributed by atoms with Crippen LogP contribution in [-0.4, -0.2) is 36.2 Å². The number of rotatable bonds is 5. The number of benzene rings is 2. The molecule has 1 saturated carbocycles. The molecule has 0 radical (unpaired) electrons. The molecular weight excluding hydrogens is 378 g/mol. The summed E-state index contributed by atoms with van der Waals surface area (Å²) in [5, 5.41) is 0. The monoisotopic (exact) mass is 402 g/mol. The summed E-state index contributed by atoms with van der Waals surface area (Å²) in [6.07, 6.45) is 4.86. The molecule has 1 heterocycles. The Balaban J connectivity index is 1.53. The molecule has 1 N–H and O–H groups in total. The minimum Gasteiger partial charge on any atom is -0.341 e. The van der Waals surface area contributed by atoms with Crippen LogP contribution in [0.5, 0.6) is 0 Å². The summed E-state index contributed by atoms with van der Waals surface area (Å²) in [4.78, 5) is 15.0. The number of hydrogen-bond acceptors (Lipinski definition) is 3. The van der Waals surface area contributed by atoms with Gasteiger partial charge in [0.05, 0.1) is 0 Å². The third kappa shape index (κ3) is 3.94. The fourth-order valence-corrected chi connectivity index (χ4v) is 4.78. The summed E-state index contributed by atoms with van der Waals surface area (Å²) < 4.78 is 31.4. The van der Waals surface area contributed by atoms with Gasteiger partial charge in [0.2, 0.25) is 5.91 Å². The molecule has 4 rings (SSSR count). The number of hydrogen-bond donors (Lipinski definition) is 1. The third-order valence-electron chi connectivity index (χ3n) is 5.70. The van der Waals surface area contributed by atoms with Crippen LogP contribution in [0, 0.1) is 17.6 Å². The Morgan fingerprint density at radius 2 is 2.00 bits per heavy atom. The standard InChI is InChI=1S/C22H24F2N2OS/c1-28-25-15-5-4-10-26(13-15)22(27)20-12-18(20)16-6-2-3-7-17(16)19-11-14(23)8-9-21(19)24/h2-3,6-9,11,15,18,20,25H,4-5,10,12-13H2,1H3. The molecule has 3 atom stereocenters. The number of nitrogens with one attached hydrogen (secondary N) is 1. The first-order chi connectivity index (χ1) is 13.6. The minimum atomic E-state index is -0.463. The highest BCUT2D eigenvalue weighted by molar-refractivity contribution is 7.96. The molecule has 148 valence electrons. The molecule has 2 aromatic carbocycles. The molecule has 0 aromatic heterocycles. The Morgan fingerprint density at radius 1 is 1.18 bits per heavy atom. The van der Waals surface area contributed by atoms with Crippen LogP contribution < -0.4 is 4.72 Å². The predicted molar refractivity (Wildman–Crippen MR) is 109 cm³/mol. The van der Waals surface area contributed by atoms with Crippen LogP contribution in [0.4, 0.5) is 8.78 Å². The zero-order valence-electron chi connectivity index (χ0n) is 15.8. The van der Waals surface area contributed by atoms with Crippen molar-refractivity contribution >= 4 is 17.9 Å². The van der Waals surface area contributed by atoms with Crippen molar-refractivity contribution in [2.24, 2.45) is 5.92 Å². The van der Waals surface area contributed by atoms with Crippen molar-refractivity contribution in [1.82, 2.24) is 9.62 Å². The van der Waals surface area contributed by atoms with Gasteiger partial charge >= 0.3 is 0 Å². The molecule has 6 heteroatoms. The van der Waals surface area contributed by atoms with E-state index in [1.54, 1.807) is 11.9 Å². The molecule has 1 amide bonds. The molecule has 2 aliphatic rings. The van der Waals surface area contributed by atoms with E-state index >= 15 is 0 Å². The maximum absolute atomic E-state index is 14.3. The van der Waals surface area contributed by atoms with Crippen LogP contribution in [-0.2, 0) is 4.79 Å². The van der Waals surface area contributed by atoms with Crippen molar-refractivity contribution in [3.05, 3.63) is 59.7 Å². The van der Waals surface area contributed by atoms with Gasteiger partial charge < -0.3 is 4.90 Å². The third-order valence-corrected chi connectivity index (χ3v) is 6.27. The van der Waals surface area contributed by atoms with Crippen LogP contribution in [0.3, 0.4) is 0 Å². The topological polar surface area (TPSA) is 32.3 Å². The molecule has 28 heavy (non-hydrogen) atoms. The Morgan fingerprint density at radius 3 is 2.82 bits per heavy atom. The number of halogens is 2. The minimum absolute atomic E-state index is 0.0641. The number of piperidine rings is 1. The van der Waals surface area contributed by atoms with Gasteiger partial charge in [-0.3, -0.25) is 9.52 Å². The highest BCUT2D eigenvalue weighted by Crippen LogP contribution is 2.51. The number of amides is 1. The van der Waals surface area contributed by atoms with E-state index in [9.17, 15) is 13.6 Å². The predicted octanol–water partition coefficient (Wildman–Crippen LogP) is 4.59. The fourth-order valence-electron chi connectivity index (χ4n) is 4.26. The second-order valence-electron chi connectivity index (χ2n) is 7.61. The Bertz CT molecular complexity index is 873. The van der Waals surface area contributed by atoms with E-state index in [-0.39, 0.29) is 23.3 Å². The first kappa shape index (κ1) is 19.4. The van der Waals surface area contributed by atoms with Gasteiger partial charge in [0.1, 0.15) is 11.6 Å². The Kier molecular flexibility index (Phi) is 5.69. The average molecular weight is 403 g/mol. The van der Waals surface area contributed by atoms with Gasteiger partial charge in [-0.05, 0) is 60.8 Å². The first-order valence-electron chi connectivity index (χ1n) is 9.70. The van der Waals surface area contributed by atoms with E-state index in [4.69, 9.17) is 0 Å². The van der Waals surface area contributed by atoms with Crippen molar-refractivity contribution in [2.45, 2.75) is 31.2 Å². The quantitative estimate of drug-likeness (QED) is 0.743. The number of likely N-dealkylation sites (tertiary alicyclic amines) is 1. The lowest BCUT2D eigenvalue weighted by atomic mass is 9.95. The number of carbonyl (C=O) groups is 1. The van der Waals surface area contributed by atoms with Crippen molar-refractivity contribution in [3.63, 3.8) is 0 Å². The van der Waals surface area contributed by atoms with E-state index in [1.807, 2.05) is 35.4 Å². The van der Waals surface area contributed by atoms with Crippen molar-refractivity contribution in [1.29, 1.82) is 0 Å². The Labute approximate surface area is 168 Å². The second-order valence-corrected chi connectivity index (χ2v) is 8.25. The first-order valence-corrected chi connectivity index (χ1v) is 10.9. The lowest BCUT2D eigenvalue weighted by molar-refractivity contribution is -0.133. The fraction of sp³-hybridized carbons (Fsp3) is 0.409. The molecule has 1 aliphatic carbocycles. The van der Waals surface area contributed by atoms with E-state index < -0.39 is 11.6 Å². The highest BCUT2D eigenvalue weighted by atomic mass is 32.2. The maximum Gasteiger partial charge on any atom is 0.226 e. The van der Waals surface area contributed by atoms with Gasteiger partial charge in [0.25, 0.3) is 0 Å². The summed E-state index contributed by atoms with van der Waals surface area (Å²) in [6, 6.07) is 11.3. The molecule has 1 aliphatic heterocycles. The van der Waals surface area contributed by atoms with Crippen molar-refractivity contribution in [3.8, 4) is 11.1 Å². The molecule has 3 unspecified atom stereocenters. The van der Waals surface area contributed by atoms with Crippen molar-refractivity contribution in [2.75, 3.05) is 19.3 Å². The average Bonchev–Trinajstić information content (AvgIpc) is 3.50. The van der Waals surface area contributed by atoms with E-state index in [0.717, 1.165) is 50.0 Å². The van der Waals surface area contributed by atoms with Crippen molar-refractivity contribution < 1.29 is 13.6 Å². The molecular formula is C22H24F2N2OS. The summed E-state index contributed by atoms with van der Waals surface area (Å²) in [6.45, 7) is 1.54. The van der Waals surface area contributed by atoms with Gasteiger partial charge in [-0.1, -0.05) is 36.2 Å². The van der Waals surface area contributed by atoms with Gasteiger partial charge in [0.15, 0.2) is 0 Å². The number of nitrogens with zero attached hydrogens (tertiary/aromatic N) is 1. The van der Waals surface area contributed by atoms with Gasteiger partial charge in [-0.2, -0.15) is 0 Å². The molecule has 2 aromatic rings. The highest BCUT2D eigenvalue weighted by Gasteiger charge is 2.47. The van der Waals surface area contributed by atoms with Crippen LogP contribution in [0.15, 0.2) is 42.5 Å². The van der Waals surface area contributed by atoms with Crippen LogP contribution in [0.2, 0.25) is 0 Å². The van der Waals surface area contributed by atoms with E-state index in [2.05, 4.69) is 4.72 Å². The summed E-state index contributed by atoms with van der Waals surface area (Å²) in [5.74, 6) is -0.715. The van der Waals surface area contributed by atoms with Gasteiger partial charge in [0, 0.05) is 30.6 Å².